The number of amides is 1. The Bertz CT molecular complexity index is 418. The van der Waals surface area contributed by atoms with Gasteiger partial charge in [0.05, 0.1) is 30.2 Å². The van der Waals surface area contributed by atoms with Crippen LogP contribution in [-0.4, -0.2) is 40.4 Å². The minimum atomic E-state index is 0.000840. The Balaban J connectivity index is 1.87. The molecule has 19 heavy (non-hydrogen) atoms. The van der Waals surface area contributed by atoms with Gasteiger partial charge in [-0.05, 0) is 33.4 Å². The fourth-order valence-corrected chi connectivity index (χ4v) is 2.39. The van der Waals surface area contributed by atoms with E-state index in [1.54, 1.807) is 12.4 Å². The molecule has 1 aromatic heterocycles. The van der Waals surface area contributed by atoms with Crippen LogP contribution in [-0.2, 0) is 11.3 Å². The van der Waals surface area contributed by atoms with Crippen molar-refractivity contribution in [1.29, 1.82) is 0 Å². The molecule has 2 rings (SSSR count). The van der Waals surface area contributed by atoms with E-state index in [1.807, 2.05) is 14.0 Å². The molecule has 1 N–H and O–H groups in total. The zero-order valence-corrected chi connectivity index (χ0v) is 11.7. The molecule has 5 heteroatoms. The molecular formula is C14H22N4O. The predicted molar refractivity (Wildman–Crippen MR) is 73.5 cm³/mol. The quantitative estimate of drug-likeness (QED) is 0.891. The number of aromatic nitrogens is 2. The van der Waals surface area contributed by atoms with Gasteiger partial charge in [0, 0.05) is 6.20 Å². The van der Waals surface area contributed by atoms with Crippen molar-refractivity contribution in [3.8, 4) is 0 Å². The van der Waals surface area contributed by atoms with Crippen LogP contribution < -0.4 is 5.32 Å². The minimum Gasteiger partial charge on any atom is -0.349 e. The molecule has 0 saturated carbocycles. The molecule has 1 unspecified atom stereocenters. The Morgan fingerprint density at radius 1 is 1.37 bits per heavy atom. The van der Waals surface area contributed by atoms with Crippen LogP contribution in [0, 0.1) is 6.92 Å². The van der Waals surface area contributed by atoms with Crippen molar-refractivity contribution in [2.24, 2.45) is 0 Å². The number of likely N-dealkylation sites (N-methyl/N-ethyl adjacent to an activating group) is 1. The second kappa shape index (κ2) is 6.61. The second-order valence-electron chi connectivity index (χ2n) is 5.21. The fourth-order valence-electron chi connectivity index (χ4n) is 2.39. The van der Waals surface area contributed by atoms with E-state index in [-0.39, 0.29) is 11.9 Å². The van der Waals surface area contributed by atoms with Crippen molar-refractivity contribution in [2.45, 2.75) is 45.2 Å². The molecule has 104 valence electrons. The molecule has 5 nitrogen and oxygen atoms in total. The molecule has 1 amide bonds. The normalized spacial score (nSPS) is 20.8. The average Bonchev–Trinajstić information content (AvgIpc) is 2.62. The number of aryl methyl sites for hydroxylation is 1. The monoisotopic (exact) mass is 262 g/mol. The first-order chi connectivity index (χ1) is 9.16. The maximum Gasteiger partial charge on any atom is 0.237 e. The van der Waals surface area contributed by atoms with Crippen molar-refractivity contribution in [2.75, 3.05) is 13.6 Å². The topological polar surface area (TPSA) is 58.1 Å². The first-order valence-corrected chi connectivity index (χ1v) is 6.92. The Labute approximate surface area is 114 Å². The van der Waals surface area contributed by atoms with Gasteiger partial charge in [-0.3, -0.25) is 19.7 Å². The highest BCUT2D eigenvalue weighted by Crippen LogP contribution is 2.15. The molecule has 1 saturated heterocycles. The molecule has 1 aromatic rings. The lowest BCUT2D eigenvalue weighted by atomic mass is 10.1. The minimum absolute atomic E-state index is 0.000840. The van der Waals surface area contributed by atoms with Gasteiger partial charge in [0.1, 0.15) is 0 Å². The van der Waals surface area contributed by atoms with Gasteiger partial charge in [-0.2, -0.15) is 0 Å². The number of carbonyl (C=O) groups excluding carboxylic acids is 1. The number of likely N-dealkylation sites (tertiary alicyclic amines) is 1. The summed E-state index contributed by atoms with van der Waals surface area (Å²) in [5, 5.41) is 2.96. The Hall–Kier alpha value is -1.49. The predicted octanol–water partition coefficient (Wildman–Crippen LogP) is 1.28. The Morgan fingerprint density at radius 2 is 2.21 bits per heavy atom. The highest BCUT2D eigenvalue weighted by molar-refractivity contribution is 5.81. The lowest BCUT2D eigenvalue weighted by molar-refractivity contribution is -0.126. The van der Waals surface area contributed by atoms with Crippen molar-refractivity contribution in [3.63, 3.8) is 0 Å². The van der Waals surface area contributed by atoms with E-state index in [2.05, 4.69) is 20.2 Å². The molecule has 1 aliphatic rings. The fraction of sp³-hybridized carbons (Fsp3) is 0.643. The molecule has 1 fully saturated rings. The molecule has 0 spiro atoms. The second-order valence-corrected chi connectivity index (χ2v) is 5.21. The van der Waals surface area contributed by atoms with Gasteiger partial charge >= 0.3 is 0 Å². The number of carbonyl (C=O) groups is 1. The van der Waals surface area contributed by atoms with E-state index >= 15 is 0 Å². The van der Waals surface area contributed by atoms with Crippen molar-refractivity contribution in [3.05, 3.63) is 23.8 Å². The van der Waals surface area contributed by atoms with Crippen LogP contribution in [0.3, 0.4) is 0 Å². The van der Waals surface area contributed by atoms with Gasteiger partial charge in [0.15, 0.2) is 0 Å². The van der Waals surface area contributed by atoms with Crippen LogP contribution in [0.4, 0.5) is 0 Å². The van der Waals surface area contributed by atoms with Crippen LogP contribution in [0.1, 0.15) is 37.1 Å². The zero-order valence-electron chi connectivity index (χ0n) is 11.7. The van der Waals surface area contributed by atoms with Crippen LogP contribution in [0.25, 0.3) is 0 Å². The van der Waals surface area contributed by atoms with E-state index in [1.165, 1.54) is 12.8 Å². The number of rotatable bonds is 3. The van der Waals surface area contributed by atoms with E-state index < -0.39 is 0 Å². The smallest absolute Gasteiger partial charge is 0.237 e. The number of nitrogens with one attached hydrogen (secondary N) is 1. The largest absolute Gasteiger partial charge is 0.349 e. The highest BCUT2D eigenvalue weighted by Gasteiger charge is 2.24. The summed E-state index contributed by atoms with van der Waals surface area (Å²) in [6, 6.07) is 0.000840. The lowest BCUT2D eigenvalue weighted by Crippen LogP contribution is -2.44. The third kappa shape index (κ3) is 3.99. The van der Waals surface area contributed by atoms with Crippen LogP contribution >= 0.6 is 0 Å². The van der Waals surface area contributed by atoms with Gasteiger partial charge < -0.3 is 5.32 Å². The molecular weight excluding hydrogens is 240 g/mol. The Morgan fingerprint density at radius 3 is 2.95 bits per heavy atom. The standard InChI is InChI=1S/C14H22N4O/c1-11-8-16-12(9-15-11)10-17-14(19)13-6-4-3-5-7-18(13)2/h8-9,13H,3-7,10H2,1-2H3,(H,17,19). The summed E-state index contributed by atoms with van der Waals surface area (Å²) in [4.78, 5) is 22.8. The Kier molecular flexibility index (Phi) is 4.85. The summed E-state index contributed by atoms with van der Waals surface area (Å²) in [7, 11) is 2.03. The molecule has 0 aliphatic carbocycles. The molecule has 1 aliphatic heterocycles. The van der Waals surface area contributed by atoms with E-state index in [0.717, 1.165) is 30.8 Å². The van der Waals surface area contributed by atoms with Crippen molar-refractivity contribution >= 4 is 5.91 Å². The van der Waals surface area contributed by atoms with E-state index in [4.69, 9.17) is 0 Å². The maximum atomic E-state index is 12.2. The van der Waals surface area contributed by atoms with Gasteiger partial charge in [-0.1, -0.05) is 12.8 Å². The van der Waals surface area contributed by atoms with Crippen molar-refractivity contribution in [1.82, 2.24) is 20.2 Å². The summed E-state index contributed by atoms with van der Waals surface area (Å²) in [6.07, 6.45) is 7.92. The zero-order chi connectivity index (χ0) is 13.7. The summed E-state index contributed by atoms with van der Waals surface area (Å²) in [5.74, 6) is 0.103. The van der Waals surface area contributed by atoms with Crippen LogP contribution in [0.15, 0.2) is 12.4 Å². The van der Waals surface area contributed by atoms with Gasteiger partial charge in [-0.15, -0.1) is 0 Å². The SMILES string of the molecule is Cc1cnc(CNC(=O)C2CCCCCN2C)cn1. The highest BCUT2D eigenvalue weighted by atomic mass is 16.2. The average molecular weight is 262 g/mol. The molecule has 2 heterocycles. The summed E-state index contributed by atoms with van der Waals surface area (Å²) >= 11 is 0. The molecule has 0 radical (unpaired) electrons. The van der Waals surface area contributed by atoms with Gasteiger partial charge in [0.2, 0.25) is 5.91 Å². The van der Waals surface area contributed by atoms with Crippen molar-refractivity contribution < 1.29 is 4.79 Å². The summed E-state index contributed by atoms with van der Waals surface area (Å²) < 4.78 is 0. The third-order valence-electron chi connectivity index (χ3n) is 3.60. The van der Waals surface area contributed by atoms with E-state index in [9.17, 15) is 4.79 Å². The van der Waals surface area contributed by atoms with E-state index in [0.29, 0.717) is 6.54 Å². The molecule has 0 bridgehead atoms. The number of hydrogen-bond donors (Lipinski definition) is 1. The number of hydrogen-bond acceptors (Lipinski definition) is 4. The lowest BCUT2D eigenvalue weighted by Gasteiger charge is -2.24. The maximum absolute atomic E-state index is 12.2. The molecule has 1 atom stereocenters. The van der Waals surface area contributed by atoms with Crippen LogP contribution in [0.5, 0.6) is 0 Å². The molecule has 0 aromatic carbocycles. The summed E-state index contributed by atoms with van der Waals surface area (Å²) in [5.41, 5.74) is 1.69. The van der Waals surface area contributed by atoms with Gasteiger partial charge in [-0.25, -0.2) is 0 Å². The first-order valence-electron chi connectivity index (χ1n) is 6.92. The summed E-state index contributed by atoms with van der Waals surface area (Å²) in [6.45, 7) is 3.36. The third-order valence-corrected chi connectivity index (χ3v) is 3.60. The van der Waals surface area contributed by atoms with Crippen LogP contribution in [0.2, 0.25) is 0 Å². The number of nitrogens with zero attached hydrogens (tertiary/aromatic N) is 3. The first kappa shape index (κ1) is 13.9. The van der Waals surface area contributed by atoms with Gasteiger partial charge in [0.25, 0.3) is 0 Å².